The Balaban J connectivity index is 1.94. The van der Waals surface area contributed by atoms with Crippen molar-refractivity contribution in [3.8, 4) is 0 Å². The van der Waals surface area contributed by atoms with Crippen molar-refractivity contribution in [3.63, 3.8) is 0 Å². The Morgan fingerprint density at radius 1 is 1.50 bits per heavy atom. The van der Waals surface area contributed by atoms with Gasteiger partial charge in [-0.3, -0.25) is 4.79 Å². The number of carbonyl (C=O) groups is 1. The molecule has 4 heteroatoms. The molecule has 1 saturated heterocycles. The molecule has 1 aliphatic rings. The maximum Gasteiger partial charge on any atom is 0.220 e. The maximum atomic E-state index is 11.5. The molecule has 1 heterocycles. The van der Waals surface area contributed by atoms with Crippen LogP contribution in [0, 0.1) is 0 Å². The van der Waals surface area contributed by atoms with Gasteiger partial charge in [-0.15, -0.1) is 0 Å². The molecule has 1 rings (SSSR count). The van der Waals surface area contributed by atoms with Crippen molar-refractivity contribution >= 4 is 17.7 Å². The predicted molar refractivity (Wildman–Crippen MR) is 70.9 cm³/mol. The van der Waals surface area contributed by atoms with Crippen LogP contribution in [0.2, 0.25) is 0 Å². The van der Waals surface area contributed by atoms with Crippen LogP contribution in [0.4, 0.5) is 0 Å². The van der Waals surface area contributed by atoms with Crippen molar-refractivity contribution in [2.24, 2.45) is 0 Å². The molecule has 0 aromatic rings. The highest BCUT2D eigenvalue weighted by Gasteiger charge is 2.15. The molecule has 16 heavy (non-hydrogen) atoms. The van der Waals surface area contributed by atoms with Gasteiger partial charge in [-0.25, -0.2) is 0 Å². The van der Waals surface area contributed by atoms with E-state index in [2.05, 4.69) is 24.5 Å². The Morgan fingerprint density at radius 2 is 2.31 bits per heavy atom. The molecule has 1 fully saturated rings. The van der Waals surface area contributed by atoms with Gasteiger partial charge in [0.2, 0.25) is 5.91 Å². The van der Waals surface area contributed by atoms with Crippen molar-refractivity contribution in [2.45, 2.75) is 50.8 Å². The first-order valence-corrected chi connectivity index (χ1v) is 7.35. The second-order valence-corrected chi connectivity index (χ2v) is 6.06. The lowest BCUT2D eigenvalue weighted by Gasteiger charge is -2.11. The Labute approximate surface area is 103 Å². The number of amides is 1. The summed E-state index contributed by atoms with van der Waals surface area (Å²) >= 11 is 1.99. The highest BCUT2D eigenvalue weighted by Crippen LogP contribution is 2.25. The Morgan fingerprint density at radius 3 is 2.94 bits per heavy atom. The van der Waals surface area contributed by atoms with E-state index < -0.39 is 0 Å². The van der Waals surface area contributed by atoms with E-state index in [0.29, 0.717) is 17.7 Å². The summed E-state index contributed by atoms with van der Waals surface area (Å²) in [6, 6.07) is 0.512. The molecule has 0 spiro atoms. The summed E-state index contributed by atoms with van der Waals surface area (Å²) in [6.07, 6.45) is 4.16. The molecule has 1 amide bonds. The van der Waals surface area contributed by atoms with Crippen LogP contribution in [0.1, 0.15) is 39.5 Å². The van der Waals surface area contributed by atoms with E-state index in [1.165, 1.54) is 18.6 Å². The molecule has 0 bridgehead atoms. The first kappa shape index (κ1) is 13.8. The van der Waals surface area contributed by atoms with E-state index in [9.17, 15) is 4.79 Å². The second-order valence-electron chi connectivity index (χ2n) is 4.65. The van der Waals surface area contributed by atoms with Gasteiger partial charge in [0.15, 0.2) is 0 Å². The van der Waals surface area contributed by atoms with Gasteiger partial charge >= 0.3 is 0 Å². The van der Waals surface area contributed by atoms with Gasteiger partial charge in [0.05, 0.1) is 0 Å². The molecule has 0 aromatic heterocycles. The molecule has 1 aliphatic heterocycles. The number of carbonyl (C=O) groups excluding carboxylic acids is 1. The molecule has 3 nitrogen and oxygen atoms in total. The predicted octanol–water partition coefficient (Wildman–Crippen LogP) is 1.78. The van der Waals surface area contributed by atoms with E-state index in [1.807, 2.05) is 11.8 Å². The van der Waals surface area contributed by atoms with Gasteiger partial charge in [-0.05, 0) is 31.6 Å². The van der Waals surface area contributed by atoms with Crippen LogP contribution in [0.25, 0.3) is 0 Å². The summed E-state index contributed by atoms with van der Waals surface area (Å²) in [6.45, 7) is 6.04. The summed E-state index contributed by atoms with van der Waals surface area (Å²) in [5.41, 5.74) is 0. The molecule has 1 atom stereocenters. The number of hydrogen-bond acceptors (Lipinski definition) is 3. The van der Waals surface area contributed by atoms with Crippen molar-refractivity contribution in [1.29, 1.82) is 0 Å². The van der Waals surface area contributed by atoms with Gasteiger partial charge in [0, 0.05) is 24.3 Å². The summed E-state index contributed by atoms with van der Waals surface area (Å²) < 4.78 is 0. The third-order valence-corrected chi connectivity index (χ3v) is 4.08. The van der Waals surface area contributed by atoms with Crippen LogP contribution in [0.3, 0.4) is 0 Å². The minimum Gasteiger partial charge on any atom is -0.355 e. The lowest BCUT2D eigenvalue weighted by Crippen LogP contribution is -2.30. The zero-order valence-corrected chi connectivity index (χ0v) is 11.2. The summed E-state index contributed by atoms with van der Waals surface area (Å²) in [7, 11) is 0. The average molecular weight is 244 g/mol. The number of rotatable bonds is 7. The first-order chi connectivity index (χ1) is 7.68. The lowest BCUT2D eigenvalue weighted by atomic mass is 10.2. The van der Waals surface area contributed by atoms with E-state index >= 15 is 0 Å². The third-order valence-electron chi connectivity index (χ3n) is 2.68. The van der Waals surface area contributed by atoms with Crippen molar-refractivity contribution in [3.05, 3.63) is 0 Å². The molecular formula is C12H24N2OS. The van der Waals surface area contributed by atoms with E-state index in [4.69, 9.17) is 0 Å². The average Bonchev–Trinajstić information content (AvgIpc) is 2.74. The largest absolute Gasteiger partial charge is 0.355 e. The topological polar surface area (TPSA) is 41.1 Å². The molecule has 0 saturated carbocycles. The Hall–Kier alpha value is -0.220. The van der Waals surface area contributed by atoms with Crippen LogP contribution < -0.4 is 10.6 Å². The number of hydrogen-bond donors (Lipinski definition) is 2. The van der Waals surface area contributed by atoms with Crippen LogP contribution >= 0.6 is 11.8 Å². The van der Waals surface area contributed by atoms with Crippen LogP contribution in [-0.4, -0.2) is 36.0 Å². The molecule has 0 radical (unpaired) electrons. The van der Waals surface area contributed by atoms with Crippen molar-refractivity contribution in [2.75, 3.05) is 18.8 Å². The summed E-state index contributed by atoms with van der Waals surface area (Å²) in [4.78, 5) is 11.5. The van der Waals surface area contributed by atoms with E-state index in [1.54, 1.807) is 0 Å². The molecule has 1 unspecified atom stereocenters. The Bertz CT molecular complexity index is 203. The van der Waals surface area contributed by atoms with Gasteiger partial charge < -0.3 is 10.6 Å². The lowest BCUT2D eigenvalue weighted by molar-refractivity contribution is -0.121. The number of thioether (sulfide) groups is 1. The highest BCUT2D eigenvalue weighted by atomic mass is 32.2. The van der Waals surface area contributed by atoms with Crippen molar-refractivity contribution in [1.82, 2.24) is 10.6 Å². The molecular weight excluding hydrogens is 220 g/mol. The molecule has 0 aromatic carbocycles. The van der Waals surface area contributed by atoms with Crippen LogP contribution in [0.5, 0.6) is 0 Å². The van der Waals surface area contributed by atoms with Gasteiger partial charge in [0.1, 0.15) is 0 Å². The number of nitrogens with one attached hydrogen (secondary N) is 2. The van der Waals surface area contributed by atoms with Crippen LogP contribution in [0.15, 0.2) is 0 Å². The quantitative estimate of drug-likeness (QED) is 0.671. The maximum absolute atomic E-state index is 11.5. The fourth-order valence-electron chi connectivity index (χ4n) is 1.76. The van der Waals surface area contributed by atoms with E-state index in [0.717, 1.165) is 19.5 Å². The van der Waals surface area contributed by atoms with E-state index in [-0.39, 0.29) is 5.91 Å². The SMILES string of the molecule is CC(C)NCCCC(=O)NCC1CCCS1. The highest BCUT2D eigenvalue weighted by molar-refractivity contribution is 8.00. The third kappa shape index (κ3) is 6.38. The Kier molecular flexibility index (Phi) is 6.88. The van der Waals surface area contributed by atoms with Gasteiger partial charge in [-0.2, -0.15) is 11.8 Å². The van der Waals surface area contributed by atoms with Crippen molar-refractivity contribution < 1.29 is 4.79 Å². The smallest absolute Gasteiger partial charge is 0.220 e. The molecule has 0 aliphatic carbocycles. The minimum atomic E-state index is 0.207. The van der Waals surface area contributed by atoms with Gasteiger partial charge in [0.25, 0.3) is 0 Å². The minimum absolute atomic E-state index is 0.207. The zero-order chi connectivity index (χ0) is 11.8. The monoisotopic (exact) mass is 244 g/mol. The normalized spacial score (nSPS) is 20.3. The second kappa shape index (κ2) is 7.96. The molecule has 94 valence electrons. The fraction of sp³-hybridized carbons (Fsp3) is 0.917. The van der Waals surface area contributed by atoms with Gasteiger partial charge in [-0.1, -0.05) is 13.8 Å². The summed E-state index contributed by atoms with van der Waals surface area (Å²) in [5.74, 6) is 1.47. The standard InChI is InChI=1S/C12H24N2OS/c1-10(2)13-7-3-6-12(15)14-9-11-5-4-8-16-11/h10-11,13H,3-9H2,1-2H3,(H,14,15). The fourth-order valence-corrected chi connectivity index (χ4v) is 2.96. The summed E-state index contributed by atoms with van der Waals surface area (Å²) in [5, 5.41) is 7.00. The first-order valence-electron chi connectivity index (χ1n) is 6.30. The molecule has 2 N–H and O–H groups in total. The van der Waals surface area contributed by atoms with Crippen LogP contribution in [-0.2, 0) is 4.79 Å². The zero-order valence-electron chi connectivity index (χ0n) is 10.4.